The number of nitrogens with zero attached hydrogens (tertiary/aromatic N) is 3. The topological polar surface area (TPSA) is 78.3 Å². The summed E-state index contributed by atoms with van der Waals surface area (Å²) >= 11 is 0. The van der Waals surface area contributed by atoms with Crippen LogP contribution in [-0.2, 0) is 23.2 Å². The van der Waals surface area contributed by atoms with Gasteiger partial charge in [-0.15, -0.1) is 0 Å². The maximum Gasteiger partial charge on any atom is 0.235 e. The van der Waals surface area contributed by atoms with Gasteiger partial charge in [-0.1, -0.05) is 6.07 Å². The van der Waals surface area contributed by atoms with Crippen LogP contribution in [0.2, 0.25) is 0 Å². The summed E-state index contributed by atoms with van der Waals surface area (Å²) in [6.07, 6.45) is 6.28. The van der Waals surface area contributed by atoms with Crippen LogP contribution < -0.4 is 14.8 Å². The molecule has 3 heterocycles. The average Bonchev–Trinajstić information content (AvgIpc) is 3.20. The number of anilines is 1. The van der Waals surface area contributed by atoms with Crippen LogP contribution in [0.3, 0.4) is 0 Å². The monoisotopic (exact) mass is 392 g/mol. The van der Waals surface area contributed by atoms with Crippen LogP contribution in [0.15, 0.2) is 55.0 Å². The molecular formula is C22H24N4O3. The van der Waals surface area contributed by atoms with Crippen molar-refractivity contribution >= 4 is 11.7 Å². The lowest BCUT2D eigenvalue weighted by atomic mass is 9.83. The Balaban J connectivity index is 1.41. The Labute approximate surface area is 169 Å². The van der Waals surface area contributed by atoms with Gasteiger partial charge in [0.25, 0.3) is 0 Å². The number of benzene rings is 1. The minimum Gasteiger partial charge on any atom is -0.486 e. The molecule has 7 nitrogen and oxygen atoms in total. The first-order valence-corrected chi connectivity index (χ1v) is 9.66. The Hall–Kier alpha value is -3.35. The zero-order valence-electron chi connectivity index (χ0n) is 16.6. The molecule has 0 aliphatic carbocycles. The summed E-state index contributed by atoms with van der Waals surface area (Å²) in [6.45, 7) is 5.55. The van der Waals surface area contributed by atoms with Crippen LogP contribution in [0.4, 0.5) is 5.82 Å². The molecule has 2 aromatic heterocycles. The summed E-state index contributed by atoms with van der Waals surface area (Å²) in [4.78, 5) is 17.0. The molecule has 0 fully saturated rings. The number of carbonyl (C=O) groups excluding carboxylic acids is 1. The number of ether oxygens (including phenoxy) is 2. The smallest absolute Gasteiger partial charge is 0.235 e. The van der Waals surface area contributed by atoms with Gasteiger partial charge in [0.1, 0.15) is 13.2 Å². The van der Waals surface area contributed by atoms with E-state index in [4.69, 9.17) is 9.47 Å². The lowest BCUT2D eigenvalue weighted by Crippen LogP contribution is -2.35. The predicted molar refractivity (Wildman–Crippen MR) is 109 cm³/mol. The highest BCUT2D eigenvalue weighted by molar-refractivity contribution is 5.98. The fraction of sp³-hybridized carbons (Fsp3) is 0.318. The quantitative estimate of drug-likeness (QED) is 0.697. The minimum absolute atomic E-state index is 0.131. The molecule has 1 aliphatic rings. The van der Waals surface area contributed by atoms with Crippen LogP contribution >= 0.6 is 0 Å². The summed E-state index contributed by atoms with van der Waals surface area (Å²) in [5, 5.41) is 7.39. The SMILES string of the molecule is CC(C)(C(=O)Nc1ccn(CCc2ccncc2)n1)c1ccc2c(c1)OCCO2. The summed E-state index contributed by atoms with van der Waals surface area (Å²) in [7, 11) is 0. The van der Waals surface area contributed by atoms with Gasteiger partial charge in [-0.05, 0) is 55.7 Å². The van der Waals surface area contributed by atoms with Crippen molar-refractivity contribution in [3.8, 4) is 11.5 Å². The van der Waals surface area contributed by atoms with Gasteiger partial charge in [-0.3, -0.25) is 14.5 Å². The first-order chi connectivity index (χ1) is 14.0. The molecule has 0 bridgehead atoms. The molecule has 7 heteroatoms. The third-order valence-electron chi connectivity index (χ3n) is 5.09. The minimum atomic E-state index is -0.753. The van der Waals surface area contributed by atoms with Crippen LogP contribution in [0, 0.1) is 0 Å². The molecule has 0 radical (unpaired) electrons. The zero-order valence-corrected chi connectivity index (χ0v) is 16.6. The fourth-order valence-corrected chi connectivity index (χ4v) is 3.18. The van der Waals surface area contributed by atoms with Crippen molar-refractivity contribution < 1.29 is 14.3 Å². The van der Waals surface area contributed by atoms with E-state index >= 15 is 0 Å². The molecule has 29 heavy (non-hydrogen) atoms. The van der Waals surface area contributed by atoms with E-state index in [9.17, 15) is 4.79 Å². The Kier molecular flexibility index (Phi) is 5.20. The van der Waals surface area contributed by atoms with Crippen LogP contribution in [0.25, 0.3) is 0 Å². The van der Waals surface area contributed by atoms with E-state index < -0.39 is 5.41 Å². The van der Waals surface area contributed by atoms with Crippen molar-refractivity contribution in [3.05, 3.63) is 66.1 Å². The van der Waals surface area contributed by atoms with Crippen molar-refractivity contribution in [2.45, 2.75) is 32.2 Å². The highest BCUT2D eigenvalue weighted by Gasteiger charge is 2.31. The summed E-state index contributed by atoms with van der Waals surface area (Å²) in [6, 6.07) is 11.4. The van der Waals surface area contributed by atoms with Crippen molar-refractivity contribution in [1.82, 2.24) is 14.8 Å². The molecule has 150 valence electrons. The number of hydrogen-bond donors (Lipinski definition) is 1. The number of rotatable bonds is 6. The lowest BCUT2D eigenvalue weighted by molar-refractivity contribution is -0.120. The van der Waals surface area contributed by atoms with Crippen molar-refractivity contribution in [1.29, 1.82) is 0 Å². The maximum absolute atomic E-state index is 13.0. The van der Waals surface area contributed by atoms with E-state index in [1.54, 1.807) is 12.4 Å². The molecule has 0 saturated heterocycles. The molecule has 0 atom stereocenters. The number of amides is 1. The van der Waals surface area contributed by atoms with E-state index in [1.165, 1.54) is 5.56 Å². The molecule has 1 N–H and O–H groups in total. The van der Waals surface area contributed by atoms with Crippen molar-refractivity contribution in [3.63, 3.8) is 0 Å². The second-order valence-electron chi connectivity index (χ2n) is 7.51. The predicted octanol–water partition coefficient (Wildman–Crippen LogP) is 3.21. The first kappa shape index (κ1) is 19.0. The van der Waals surface area contributed by atoms with Crippen molar-refractivity contribution in [2.75, 3.05) is 18.5 Å². The number of carbonyl (C=O) groups is 1. The summed E-state index contributed by atoms with van der Waals surface area (Å²) < 4.78 is 13.0. The van der Waals surface area contributed by atoms with Gasteiger partial charge in [-0.25, -0.2) is 0 Å². The molecule has 0 saturated carbocycles. The van der Waals surface area contributed by atoms with Crippen LogP contribution in [0.5, 0.6) is 11.5 Å². The largest absolute Gasteiger partial charge is 0.486 e. The molecule has 1 aromatic carbocycles. The number of nitrogens with one attached hydrogen (secondary N) is 1. The third-order valence-corrected chi connectivity index (χ3v) is 5.09. The number of fused-ring (bicyclic) bond motifs is 1. The van der Waals surface area contributed by atoms with Crippen molar-refractivity contribution in [2.24, 2.45) is 0 Å². The molecule has 4 rings (SSSR count). The van der Waals surface area contributed by atoms with E-state index in [0.29, 0.717) is 30.5 Å². The zero-order chi connectivity index (χ0) is 20.3. The van der Waals surface area contributed by atoms with Gasteiger partial charge in [0.05, 0.1) is 5.41 Å². The highest BCUT2D eigenvalue weighted by Crippen LogP contribution is 2.35. The van der Waals surface area contributed by atoms with E-state index in [-0.39, 0.29) is 5.91 Å². The van der Waals surface area contributed by atoms with Gasteiger partial charge in [-0.2, -0.15) is 5.10 Å². The average molecular weight is 392 g/mol. The molecule has 1 amide bonds. The van der Waals surface area contributed by atoms with Crippen LogP contribution in [-0.4, -0.2) is 33.9 Å². The van der Waals surface area contributed by atoms with Gasteiger partial charge >= 0.3 is 0 Å². The Bertz CT molecular complexity index is 998. The Morgan fingerprint density at radius 3 is 2.66 bits per heavy atom. The van der Waals surface area contributed by atoms with E-state index in [1.807, 2.05) is 61.1 Å². The molecular weight excluding hydrogens is 368 g/mol. The first-order valence-electron chi connectivity index (χ1n) is 9.66. The number of aryl methyl sites for hydroxylation is 2. The molecule has 1 aliphatic heterocycles. The highest BCUT2D eigenvalue weighted by atomic mass is 16.6. The fourth-order valence-electron chi connectivity index (χ4n) is 3.18. The van der Waals surface area contributed by atoms with Crippen LogP contribution in [0.1, 0.15) is 25.0 Å². The van der Waals surface area contributed by atoms with Gasteiger partial charge in [0.2, 0.25) is 5.91 Å². The lowest BCUT2D eigenvalue weighted by Gasteiger charge is -2.26. The molecule has 0 spiro atoms. The van der Waals surface area contributed by atoms with Gasteiger partial charge in [0.15, 0.2) is 17.3 Å². The number of pyridine rings is 1. The second kappa shape index (κ2) is 7.95. The van der Waals surface area contributed by atoms with Gasteiger partial charge < -0.3 is 14.8 Å². The third kappa shape index (κ3) is 4.23. The summed E-state index contributed by atoms with van der Waals surface area (Å²) in [5.74, 6) is 1.79. The summed E-state index contributed by atoms with van der Waals surface area (Å²) in [5.41, 5.74) is 1.30. The molecule has 0 unspecified atom stereocenters. The Morgan fingerprint density at radius 2 is 1.86 bits per heavy atom. The standard InChI is InChI=1S/C22H24N4O3/c1-22(2,17-3-4-18-19(15-17)29-14-13-28-18)21(27)24-20-8-12-26(25-20)11-7-16-5-9-23-10-6-16/h3-6,8-10,12,15H,7,11,13-14H2,1-2H3,(H,24,25,27). The second-order valence-corrected chi connectivity index (χ2v) is 7.51. The molecule has 3 aromatic rings. The van der Waals surface area contributed by atoms with Gasteiger partial charge in [0, 0.05) is 31.2 Å². The number of aromatic nitrogens is 3. The van der Waals surface area contributed by atoms with E-state index in [2.05, 4.69) is 15.4 Å². The maximum atomic E-state index is 13.0. The Morgan fingerprint density at radius 1 is 1.10 bits per heavy atom. The van der Waals surface area contributed by atoms with E-state index in [0.717, 1.165) is 18.5 Å². The number of hydrogen-bond acceptors (Lipinski definition) is 5. The normalized spacial score (nSPS) is 13.2.